The van der Waals surface area contributed by atoms with Crippen molar-refractivity contribution < 1.29 is 0 Å². The molecule has 1 atom stereocenters. The molecule has 0 saturated carbocycles. The predicted octanol–water partition coefficient (Wildman–Crippen LogP) is 2.00. The first-order valence-electron chi connectivity index (χ1n) is 5.43. The van der Waals surface area contributed by atoms with Gasteiger partial charge < -0.3 is 10.6 Å². The van der Waals surface area contributed by atoms with Gasteiger partial charge in [0.15, 0.2) is 0 Å². The van der Waals surface area contributed by atoms with Crippen LogP contribution >= 0.6 is 0 Å². The first-order chi connectivity index (χ1) is 6.92. The monoisotopic (exact) mass is 190 g/mol. The fraction of sp³-hybridized carbons (Fsp3) is 0.500. The molecule has 1 unspecified atom stereocenters. The van der Waals surface area contributed by atoms with Gasteiger partial charge >= 0.3 is 0 Å². The van der Waals surface area contributed by atoms with Crippen molar-refractivity contribution in [2.24, 2.45) is 5.73 Å². The molecule has 2 N–H and O–H groups in total. The summed E-state index contributed by atoms with van der Waals surface area (Å²) >= 11 is 0. The second kappa shape index (κ2) is 4.47. The Morgan fingerprint density at radius 2 is 2.00 bits per heavy atom. The molecule has 1 aromatic carbocycles. The minimum Gasteiger partial charge on any atom is -0.367 e. The molecule has 0 radical (unpaired) electrons. The normalized spacial score (nSPS) is 22.4. The van der Waals surface area contributed by atoms with Crippen LogP contribution < -0.4 is 10.6 Å². The van der Waals surface area contributed by atoms with Gasteiger partial charge in [-0.05, 0) is 31.4 Å². The smallest absolute Gasteiger partial charge is 0.0412 e. The summed E-state index contributed by atoms with van der Waals surface area (Å²) in [4.78, 5) is 2.45. The van der Waals surface area contributed by atoms with Gasteiger partial charge in [-0.1, -0.05) is 18.2 Å². The standard InChI is InChI=1S/C12H18N2/c13-10-12-8-4-5-9-14(12)11-6-2-1-3-7-11/h1-3,6-7,12H,4-5,8-10,13H2. The predicted molar refractivity (Wildman–Crippen MR) is 60.5 cm³/mol. The highest BCUT2D eigenvalue weighted by Crippen LogP contribution is 2.23. The van der Waals surface area contributed by atoms with E-state index >= 15 is 0 Å². The Balaban J connectivity index is 2.15. The van der Waals surface area contributed by atoms with Crippen LogP contribution in [0.2, 0.25) is 0 Å². The summed E-state index contributed by atoms with van der Waals surface area (Å²) in [6.07, 6.45) is 3.86. The molecule has 0 spiro atoms. The fourth-order valence-electron chi connectivity index (χ4n) is 2.20. The maximum absolute atomic E-state index is 5.79. The molecule has 0 bridgehead atoms. The number of rotatable bonds is 2. The second-order valence-corrected chi connectivity index (χ2v) is 3.91. The van der Waals surface area contributed by atoms with Crippen LogP contribution in [0.3, 0.4) is 0 Å². The van der Waals surface area contributed by atoms with Crippen molar-refractivity contribution in [2.75, 3.05) is 18.0 Å². The van der Waals surface area contributed by atoms with Crippen molar-refractivity contribution in [3.63, 3.8) is 0 Å². The Bertz CT molecular complexity index is 271. The molecule has 2 rings (SSSR count). The van der Waals surface area contributed by atoms with Gasteiger partial charge in [0.2, 0.25) is 0 Å². The van der Waals surface area contributed by atoms with Crippen molar-refractivity contribution in [1.29, 1.82) is 0 Å². The Hall–Kier alpha value is -1.02. The van der Waals surface area contributed by atoms with Crippen molar-refractivity contribution in [3.8, 4) is 0 Å². The van der Waals surface area contributed by atoms with E-state index in [9.17, 15) is 0 Å². The lowest BCUT2D eigenvalue weighted by atomic mass is 10.0. The van der Waals surface area contributed by atoms with Crippen LogP contribution in [0.1, 0.15) is 19.3 Å². The number of piperidine rings is 1. The van der Waals surface area contributed by atoms with Crippen LogP contribution in [0.4, 0.5) is 5.69 Å². The van der Waals surface area contributed by atoms with Crippen LogP contribution in [-0.2, 0) is 0 Å². The molecule has 1 aliphatic heterocycles. The Morgan fingerprint density at radius 1 is 1.21 bits per heavy atom. The molecule has 2 nitrogen and oxygen atoms in total. The number of nitrogens with zero attached hydrogens (tertiary/aromatic N) is 1. The lowest BCUT2D eigenvalue weighted by Crippen LogP contribution is -2.44. The van der Waals surface area contributed by atoms with Gasteiger partial charge in [0.05, 0.1) is 0 Å². The summed E-state index contributed by atoms with van der Waals surface area (Å²) in [5.41, 5.74) is 7.11. The molecule has 2 heteroatoms. The summed E-state index contributed by atoms with van der Waals surface area (Å²) < 4.78 is 0. The number of hydrogen-bond acceptors (Lipinski definition) is 2. The van der Waals surface area contributed by atoms with Gasteiger partial charge in [-0.15, -0.1) is 0 Å². The fourth-order valence-corrected chi connectivity index (χ4v) is 2.20. The SMILES string of the molecule is NCC1CCCCN1c1ccccc1. The summed E-state index contributed by atoms with van der Waals surface area (Å²) in [6, 6.07) is 11.1. The highest BCUT2D eigenvalue weighted by atomic mass is 15.2. The number of para-hydroxylation sites is 1. The highest BCUT2D eigenvalue weighted by molar-refractivity contribution is 5.47. The molecule has 1 heterocycles. The van der Waals surface area contributed by atoms with E-state index in [1.165, 1.54) is 24.9 Å². The summed E-state index contributed by atoms with van der Waals surface area (Å²) in [7, 11) is 0. The molecule has 14 heavy (non-hydrogen) atoms. The summed E-state index contributed by atoms with van der Waals surface area (Å²) in [5.74, 6) is 0. The minimum atomic E-state index is 0.547. The van der Waals surface area contributed by atoms with E-state index in [1.54, 1.807) is 0 Å². The zero-order chi connectivity index (χ0) is 9.80. The molecular formula is C12H18N2. The first kappa shape index (κ1) is 9.53. The molecule has 0 aliphatic carbocycles. The van der Waals surface area contributed by atoms with E-state index in [0.717, 1.165) is 13.1 Å². The van der Waals surface area contributed by atoms with Crippen LogP contribution in [0.25, 0.3) is 0 Å². The van der Waals surface area contributed by atoms with E-state index in [1.807, 2.05) is 0 Å². The maximum Gasteiger partial charge on any atom is 0.0412 e. The van der Waals surface area contributed by atoms with Crippen molar-refractivity contribution >= 4 is 5.69 Å². The maximum atomic E-state index is 5.79. The van der Waals surface area contributed by atoms with E-state index in [0.29, 0.717) is 6.04 Å². The minimum absolute atomic E-state index is 0.547. The molecule has 1 aliphatic rings. The number of nitrogens with two attached hydrogens (primary N) is 1. The van der Waals surface area contributed by atoms with Gasteiger partial charge in [-0.2, -0.15) is 0 Å². The Labute approximate surface area is 85.7 Å². The van der Waals surface area contributed by atoms with Crippen molar-refractivity contribution in [1.82, 2.24) is 0 Å². The van der Waals surface area contributed by atoms with Gasteiger partial charge in [0, 0.05) is 24.8 Å². The zero-order valence-corrected chi connectivity index (χ0v) is 8.52. The quantitative estimate of drug-likeness (QED) is 0.773. The van der Waals surface area contributed by atoms with Crippen molar-refractivity contribution in [3.05, 3.63) is 30.3 Å². The number of hydrogen-bond donors (Lipinski definition) is 1. The third-order valence-electron chi connectivity index (χ3n) is 2.99. The third kappa shape index (κ3) is 1.90. The first-order valence-corrected chi connectivity index (χ1v) is 5.43. The van der Waals surface area contributed by atoms with Crippen LogP contribution in [-0.4, -0.2) is 19.1 Å². The lowest BCUT2D eigenvalue weighted by Gasteiger charge is -2.36. The molecule has 1 fully saturated rings. The topological polar surface area (TPSA) is 29.3 Å². The van der Waals surface area contributed by atoms with Gasteiger partial charge in [0.1, 0.15) is 0 Å². The number of benzene rings is 1. The van der Waals surface area contributed by atoms with Crippen LogP contribution in [0.5, 0.6) is 0 Å². The Morgan fingerprint density at radius 3 is 2.71 bits per heavy atom. The van der Waals surface area contributed by atoms with Crippen LogP contribution in [0, 0.1) is 0 Å². The molecule has 1 aromatic rings. The second-order valence-electron chi connectivity index (χ2n) is 3.91. The van der Waals surface area contributed by atoms with Gasteiger partial charge in [0.25, 0.3) is 0 Å². The number of anilines is 1. The van der Waals surface area contributed by atoms with E-state index in [4.69, 9.17) is 5.73 Å². The summed E-state index contributed by atoms with van der Waals surface area (Å²) in [5, 5.41) is 0. The molecule has 0 amide bonds. The van der Waals surface area contributed by atoms with Gasteiger partial charge in [-0.3, -0.25) is 0 Å². The molecule has 0 aromatic heterocycles. The Kier molecular flexibility index (Phi) is 3.04. The zero-order valence-electron chi connectivity index (χ0n) is 8.52. The molecule has 1 saturated heterocycles. The van der Waals surface area contributed by atoms with Crippen molar-refractivity contribution in [2.45, 2.75) is 25.3 Å². The van der Waals surface area contributed by atoms with E-state index < -0.39 is 0 Å². The molecule has 76 valence electrons. The average molecular weight is 190 g/mol. The largest absolute Gasteiger partial charge is 0.367 e. The third-order valence-corrected chi connectivity index (χ3v) is 2.99. The lowest BCUT2D eigenvalue weighted by molar-refractivity contribution is 0.465. The van der Waals surface area contributed by atoms with Gasteiger partial charge in [-0.25, -0.2) is 0 Å². The van der Waals surface area contributed by atoms with E-state index in [-0.39, 0.29) is 0 Å². The highest BCUT2D eigenvalue weighted by Gasteiger charge is 2.20. The van der Waals surface area contributed by atoms with E-state index in [2.05, 4.69) is 35.2 Å². The summed E-state index contributed by atoms with van der Waals surface area (Å²) in [6.45, 7) is 1.93. The average Bonchev–Trinajstić information content (AvgIpc) is 2.30. The molecular weight excluding hydrogens is 172 g/mol. The van der Waals surface area contributed by atoms with Crippen LogP contribution in [0.15, 0.2) is 30.3 Å².